The zero-order valence-corrected chi connectivity index (χ0v) is 7.09. The molecule has 1 rings (SSSR count). The van der Waals surface area contributed by atoms with E-state index in [0.29, 0.717) is 5.88 Å². The molecular weight excluding hydrogens is 140 g/mol. The summed E-state index contributed by atoms with van der Waals surface area (Å²) >= 11 is 0. The predicted molar refractivity (Wildman–Crippen MR) is 42.7 cm³/mol. The zero-order valence-electron chi connectivity index (χ0n) is 7.09. The van der Waals surface area contributed by atoms with Crippen molar-refractivity contribution in [3.63, 3.8) is 0 Å². The average molecular weight is 152 g/mol. The Labute approximate surface area is 66.4 Å². The van der Waals surface area contributed by atoms with Gasteiger partial charge in [-0.15, -0.1) is 5.10 Å². The standard InChI is InChI=1S/C8H12N2O/c1-4-7-5-6(2)9-10-8(7)11-3/h5H,4H2,1-3H3. The van der Waals surface area contributed by atoms with Gasteiger partial charge >= 0.3 is 0 Å². The first-order valence-corrected chi connectivity index (χ1v) is 3.65. The quantitative estimate of drug-likeness (QED) is 0.641. The summed E-state index contributed by atoms with van der Waals surface area (Å²) in [6.45, 7) is 3.99. The summed E-state index contributed by atoms with van der Waals surface area (Å²) in [5.74, 6) is 0.637. The molecule has 1 heterocycles. The van der Waals surface area contributed by atoms with Gasteiger partial charge in [0, 0.05) is 5.56 Å². The lowest BCUT2D eigenvalue weighted by Gasteiger charge is -2.03. The normalized spacial score (nSPS) is 9.73. The van der Waals surface area contributed by atoms with Gasteiger partial charge in [-0.2, -0.15) is 5.10 Å². The van der Waals surface area contributed by atoms with Gasteiger partial charge in [-0.25, -0.2) is 0 Å². The topological polar surface area (TPSA) is 35.0 Å². The summed E-state index contributed by atoms with van der Waals surface area (Å²) in [5, 5.41) is 7.78. The number of rotatable bonds is 2. The van der Waals surface area contributed by atoms with Crippen LogP contribution in [0.4, 0.5) is 0 Å². The van der Waals surface area contributed by atoms with Crippen molar-refractivity contribution in [1.82, 2.24) is 10.2 Å². The van der Waals surface area contributed by atoms with Crippen molar-refractivity contribution < 1.29 is 4.74 Å². The molecule has 0 bridgehead atoms. The summed E-state index contributed by atoms with van der Waals surface area (Å²) in [4.78, 5) is 0. The van der Waals surface area contributed by atoms with E-state index in [1.54, 1.807) is 7.11 Å². The van der Waals surface area contributed by atoms with E-state index in [0.717, 1.165) is 17.7 Å². The van der Waals surface area contributed by atoms with Gasteiger partial charge in [0.25, 0.3) is 0 Å². The second-order valence-corrected chi connectivity index (χ2v) is 2.37. The molecule has 11 heavy (non-hydrogen) atoms. The molecular formula is C8H12N2O. The van der Waals surface area contributed by atoms with Gasteiger partial charge in [-0.3, -0.25) is 0 Å². The van der Waals surface area contributed by atoms with E-state index in [2.05, 4.69) is 17.1 Å². The molecule has 0 aliphatic heterocycles. The maximum atomic E-state index is 5.02. The van der Waals surface area contributed by atoms with E-state index in [4.69, 9.17) is 4.74 Å². The number of aromatic nitrogens is 2. The van der Waals surface area contributed by atoms with Gasteiger partial charge in [0.1, 0.15) is 0 Å². The number of methoxy groups -OCH3 is 1. The van der Waals surface area contributed by atoms with Crippen LogP contribution in [0, 0.1) is 6.92 Å². The highest BCUT2D eigenvalue weighted by atomic mass is 16.5. The second-order valence-electron chi connectivity index (χ2n) is 2.37. The maximum Gasteiger partial charge on any atom is 0.236 e. The minimum atomic E-state index is 0.637. The maximum absolute atomic E-state index is 5.02. The fraction of sp³-hybridized carbons (Fsp3) is 0.500. The van der Waals surface area contributed by atoms with Crippen LogP contribution < -0.4 is 4.74 Å². The molecule has 3 heteroatoms. The number of aryl methyl sites for hydroxylation is 2. The summed E-state index contributed by atoms with van der Waals surface area (Å²) in [6, 6.07) is 1.99. The summed E-state index contributed by atoms with van der Waals surface area (Å²) < 4.78 is 5.02. The van der Waals surface area contributed by atoms with Crippen LogP contribution in [0.1, 0.15) is 18.2 Å². The number of hydrogen-bond donors (Lipinski definition) is 0. The van der Waals surface area contributed by atoms with Crippen molar-refractivity contribution in [3.05, 3.63) is 17.3 Å². The third-order valence-corrected chi connectivity index (χ3v) is 1.53. The van der Waals surface area contributed by atoms with Crippen molar-refractivity contribution in [3.8, 4) is 5.88 Å². The number of hydrogen-bond acceptors (Lipinski definition) is 3. The Morgan fingerprint density at radius 3 is 2.73 bits per heavy atom. The summed E-state index contributed by atoms with van der Waals surface area (Å²) in [7, 11) is 1.61. The van der Waals surface area contributed by atoms with E-state index in [1.165, 1.54) is 0 Å². The molecule has 0 spiro atoms. The van der Waals surface area contributed by atoms with Gasteiger partial charge in [0.15, 0.2) is 0 Å². The molecule has 0 atom stereocenters. The molecule has 0 N–H and O–H groups in total. The van der Waals surface area contributed by atoms with E-state index < -0.39 is 0 Å². The summed E-state index contributed by atoms with van der Waals surface area (Å²) in [6.07, 6.45) is 0.930. The van der Waals surface area contributed by atoms with Gasteiger partial charge in [-0.05, 0) is 19.4 Å². The van der Waals surface area contributed by atoms with Crippen LogP contribution in [0.3, 0.4) is 0 Å². The minimum absolute atomic E-state index is 0.637. The van der Waals surface area contributed by atoms with Gasteiger partial charge in [0.05, 0.1) is 12.8 Å². The molecule has 0 aliphatic rings. The molecule has 0 radical (unpaired) electrons. The van der Waals surface area contributed by atoms with Crippen LogP contribution in [-0.4, -0.2) is 17.3 Å². The number of nitrogens with zero attached hydrogens (tertiary/aromatic N) is 2. The van der Waals surface area contributed by atoms with Crippen LogP contribution in [0.2, 0.25) is 0 Å². The monoisotopic (exact) mass is 152 g/mol. The van der Waals surface area contributed by atoms with Gasteiger partial charge < -0.3 is 4.74 Å². The first kappa shape index (κ1) is 7.98. The second kappa shape index (κ2) is 3.32. The molecule has 0 fully saturated rings. The highest BCUT2D eigenvalue weighted by Gasteiger charge is 2.01. The predicted octanol–water partition coefficient (Wildman–Crippen LogP) is 1.36. The largest absolute Gasteiger partial charge is 0.480 e. The van der Waals surface area contributed by atoms with Crippen molar-refractivity contribution >= 4 is 0 Å². The van der Waals surface area contributed by atoms with Crippen molar-refractivity contribution in [2.24, 2.45) is 0 Å². The Balaban J connectivity index is 3.06. The fourth-order valence-electron chi connectivity index (χ4n) is 0.956. The Morgan fingerprint density at radius 2 is 2.18 bits per heavy atom. The van der Waals surface area contributed by atoms with Crippen molar-refractivity contribution in [2.45, 2.75) is 20.3 Å². The average Bonchev–Trinajstić information content (AvgIpc) is 2.04. The molecule has 60 valence electrons. The van der Waals surface area contributed by atoms with E-state index >= 15 is 0 Å². The molecule has 0 aliphatic carbocycles. The SMILES string of the molecule is CCc1cc(C)nnc1OC. The molecule has 3 nitrogen and oxygen atoms in total. The first-order valence-electron chi connectivity index (χ1n) is 3.65. The highest BCUT2D eigenvalue weighted by Crippen LogP contribution is 2.13. The lowest BCUT2D eigenvalue weighted by Crippen LogP contribution is -1.97. The number of ether oxygens (including phenoxy) is 1. The van der Waals surface area contributed by atoms with Crippen LogP contribution >= 0.6 is 0 Å². The Hall–Kier alpha value is -1.12. The van der Waals surface area contributed by atoms with Crippen molar-refractivity contribution in [2.75, 3.05) is 7.11 Å². The Bertz CT molecular complexity index is 248. The molecule has 0 saturated heterocycles. The molecule has 0 saturated carbocycles. The lowest BCUT2D eigenvalue weighted by atomic mass is 10.2. The van der Waals surface area contributed by atoms with E-state index in [-0.39, 0.29) is 0 Å². The molecule has 0 amide bonds. The van der Waals surface area contributed by atoms with E-state index in [9.17, 15) is 0 Å². The van der Waals surface area contributed by atoms with Crippen LogP contribution in [0.15, 0.2) is 6.07 Å². The Kier molecular flexibility index (Phi) is 2.41. The third-order valence-electron chi connectivity index (χ3n) is 1.53. The van der Waals surface area contributed by atoms with Gasteiger partial charge in [-0.1, -0.05) is 6.92 Å². The fourth-order valence-corrected chi connectivity index (χ4v) is 0.956. The smallest absolute Gasteiger partial charge is 0.236 e. The third kappa shape index (κ3) is 1.67. The van der Waals surface area contributed by atoms with Crippen LogP contribution in [0.5, 0.6) is 5.88 Å². The lowest BCUT2D eigenvalue weighted by molar-refractivity contribution is 0.386. The first-order chi connectivity index (χ1) is 5.27. The van der Waals surface area contributed by atoms with Gasteiger partial charge in [0.2, 0.25) is 5.88 Å². The zero-order chi connectivity index (χ0) is 8.27. The van der Waals surface area contributed by atoms with Crippen LogP contribution in [0.25, 0.3) is 0 Å². The minimum Gasteiger partial charge on any atom is -0.480 e. The highest BCUT2D eigenvalue weighted by molar-refractivity contribution is 5.25. The molecule has 1 aromatic rings. The molecule has 0 aromatic carbocycles. The Morgan fingerprint density at radius 1 is 1.45 bits per heavy atom. The van der Waals surface area contributed by atoms with Crippen LogP contribution in [-0.2, 0) is 6.42 Å². The molecule has 1 aromatic heterocycles. The van der Waals surface area contributed by atoms with Crippen molar-refractivity contribution in [1.29, 1.82) is 0 Å². The molecule has 0 unspecified atom stereocenters. The van der Waals surface area contributed by atoms with E-state index in [1.807, 2.05) is 13.0 Å². The summed E-state index contributed by atoms with van der Waals surface area (Å²) in [5.41, 5.74) is 2.04.